The molecule has 1 aliphatic heterocycles. The lowest BCUT2D eigenvalue weighted by Crippen LogP contribution is -2.34. The topological polar surface area (TPSA) is 66.1 Å². The van der Waals surface area contributed by atoms with Crippen molar-refractivity contribution in [3.63, 3.8) is 0 Å². The maximum Gasteiger partial charge on any atom is 0.255 e. The lowest BCUT2D eigenvalue weighted by molar-refractivity contribution is -0.128. The van der Waals surface area contributed by atoms with Crippen molar-refractivity contribution in [1.82, 2.24) is 14.9 Å². The summed E-state index contributed by atoms with van der Waals surface area (Å²) in [6, 6.07) is 9.85. The maximum atomic E-state index is 12.4. The third-order valence-electron chi connectivity index (χ3n) is 4.24. The Hall–Kier alpha value is -2.08. The van der Waals surface area contributed by atoms with Crippen molar-refractivity contribution in [3.05, 3.63) is 46.2 Å². The first-order chi connectivity index (χ1) is 11.5. The maximum absolute atomic E-state index is 12.4. The van der Waals surface area contributed by atoms with Crippen molar-refractivity contribution >= 4 is 17.7 Å². The number of nitrogens with zero attached hydrogens (tertiary/aromatic N) is 2. The number of amides is 1. The average molecular weight is 343 g/mol. The van der Waals surface area contributed by atoms with Gasteiger partial charge >= 0.3 is 0 Å². The molecule has 0 bridgehead atoms. The van der Waals surface area contributed by atoms with Crippen molar-refractivity contribution in [3.8, 4) is 11.3 Å². The molecule has 5 nitrogen and oxygen atoms in total. The van der Waals surface area contributed by atoms with Gasteiger partial charge in [-0.25, -0.2) is 4.98 Å². The van der Waals surface area contributed by atoms with Gasteiger partial charge in [-0.05, 0) is 27.2 Å². The van der Waals surface area contributed by atoms with Crippen LogP contribution in [0, 0.1) is 6.92 Å². The second-order valence-corrected chi connectivity index (χ2v) is 7.42. The van der Waals surface area contributed by atoms with Gasteiger partial charge in [0.1, 0.15) is 0 Å². The van der Waals surface area contributed by atoms with Crippen molar-refractivity contribution in [2.75, 3.05) is 6.54 Å². The number of hydrogen-bond acceptors (Lipinski definition) is 4. The fourth-order valence-electron chi connectivity index (χ4n) is 2.88. The first-order valence-electron chi connectivity index (χ1n) is 8.11. The highest BCUT2D eigenvalue weighted by Crippen LogP contribution is 2.30. The molecule has 126 valence electrons. The van der Waals surface area contributed by atoms with Crippen LogP contribution in [0.4, 0.5) is 0 Å². The predicted octanol–water partition coefficient (Wildman–Crippen LogP) is 2.85. The van der Waals surface area contributed by atoms with Gasteiger partial charge in [-0.15, -0.1) is 0 Å². The fourth-order valence-corrected chi connectivity index (χ4v) is 3.90. The zero-order valence-corrected chi connectivity index (χ0v) is 14.9. The highest BCUT2D eigenvalue weighted by Gasteiger charge is 2.34. The van der Waals surface area contributed by atoms with Crippen LogP contribution in [0.2, 0.25) is 0 Å². The van der Waals surface area contributed by atoms with Gasteiger partial charge in [0.2, 0.25) is 5.91 Å². The number of carbonyl (C=O) groups is 1. The lowest BCUT2D eigenvalue weighted by Gasteiger charge is -2.20. The molecule has 1 aromatic heterocycles. The number of aromatic nitrogens is 2. The van der Waals surface area contributed by atoms with Crippen LogP contribution in [0.3, 0.4) is 0 Å². The molecule has 6 heteroatoms. The van der Waals surface area contributed by atoms with Crippen molar-refractivity contribution in [2.45, 2.75) is 43.6 Å². The Bertz CT molecular complexity index is 802. The van der Waals surface area contributed by atoms with Crippen LogP contribution in [0.5, 0.6) is 0 Å². The van der Waals surface area contributed by atoms with Crippen molar-refractivity contribution in [1.29, 1.82) is 0 Å². The van der Waals surface area contributed by atoms with Gasteiger partial charge in [-0.2, -0.15) is 0 Å². The van der Waals surface area contributed by atoms with Gasteiger partial charge < -0.3 is 9.88 Å². The number of likely N-dealkylation sites (tertiary alicyclic amines) is 1. The minimum absolute atomic E-state index is 0.125. The summed E-state index contributed by atoms with van der Waals surface area (Å²) in [6.07, 6.45) is 0.778. The van der Waals surface area contributed by atoms with Gasteiger partial charge in [0.25, 0.3) is 5.56 Å². The minimum Gasteiger partial charge on any atom is -0.339 e. The van der Waals surface area contributed by atoms with E-state index in [-0.39, 0.29) is 22.8 Å². The average Bonchev–Trinajstić information content (AvgIpc) is 2.92. The molecular formula is C18H21N3O2S. The third-order valence-corrected chi connectivity index (χ3v) is 5.38. The predicted molar refractivity (Wildman–Crippen MR) is 96.1 cm³/mol. The van der Waals surface area contributed by atoms with E-state index < -0.39 is 0 Å². The van der Waals surface area contributed by atoms with Gasteiger partial charge in [-0.1, -0.05) is 42.1 Å². The van der Waals surface area contributed by atoms with Crippen LogP contribution in [0.1, 0.15) is 25.8 Å². The summed E-state index contributed by atoms with van der Waals surface area (Å²) in [5.41, 5.74) is 2.02. The summed E-state index contributed by atoms with van der Waals surface area (Å²) >= 11 is 1.35. The molecule has 0 radical (unpaired) electrons. The van der Waals surface area contributed by atoms with Crippen LogP contribution in [-0.4, -0.2) is 38.6 Å². The SMILES string of the molecule is Cc1c(-c2ccccc2)nc(S[C@H]2CCN(C(C)C)C2=O)[nH]c1=O. The van der Waals surface area contributed by atoms with E-state index in [4.69, 9.17) is 0 Å². The standard InChI is InChI=1S/C18H21N3O2S/c1-11(2)21-10-9-14(17(21)23)24-18-19-15(12(3)16(22)20-18)13-7-5-4-6-8-13/h4-8,11,14H,9-10H2,1-3H3,(H,19,20,22)/t14-/m0/s1. The van der Waals surface area contributed by atoms with Crippen LogP contribution >= 0.6 is 11.8 Å². The Kier molecular flexibility index (Phi) is 4.76. The van der Waals surface area contributed by atoms with E-state index in [2.05, 4.69) is 9.97 Å². The molecule has 1 fully saturated rings. The summed E-state index contributed by atoms with van der Waals surface area (Å²) in [6.45, 7) is 6.56. The zero-order chi connectivity index (χ0) is 17.3. The normalized spacial score (nSPS) is 17.8. The smallest absolute Gasteiger partial charge is 0.255 e. The second-order valence-electron chi connectivity index (χ2n) is 6.23. The number of hydrogen-bond donors (Lipinski definition) is 1. The number of thioether (sulfide) groups is 1. The van der Waals surface area contributed by atoms with Gasteiger partial charge in [0.15, 0.2) is 5.16 Å². The Balaban J connectivity index is 1.89. The molecule has 1 atom stereocenters. The zero-order valence-electron chi connectivity index (χ0n) is 14.1. The minimum atomic E-state index is -0.179. The van der Waals surface area contributed by atoms with E-state index in [9.17, 15) is 9.59 Å². The van der Waals surface area contributed by atoms with Crippen molar-refractivity contribution < 1.29 is 4.79 Å². The number of benzene rings is 1. The van der Waals surface area contributed by atoms with Crippen LogP contribution in [-0.2, 0) is 4.79 Å². The van der Waals surface area contributed by atoms with Gasteiger partial charge in [0.05, 0.1) is 10.9 Å². The highest BCUT2D eigenvalue weighted by molar-refractivity contribution is 8.00. The van der Waals surface area contributed by atoms with Crippen LogP contribution in [0.15, 0.2) is 40.3 Å². The number of H-pyrrole nitrogens is 1. The molecule has 0 spiro atoms. The van der Waals surface area contributed by atoms with Crippen LogP contribution < -0.4 is 5.56 Å². The Morgan fingerprint density at radius 2 is 1.96 bits per heavy atom. The first kappa shape index (κ1) is 16.8. The van der Waals surface area contributed by atoms with E-state index >= 15 is 0 Å². The molecule has 24 heavy (non-hydrogen) atoms. The summed E-state index contributed by atoms with van der Waals surface area (Å²) < 4.78 is 0. The molecule has 0 unspecified atom stereocenters. The van der Waals surface area contributed by atoms with E-state index in [1.54, 1.807) is 6.92 Å². The van der Waals surface area contributed by atoms with E-state index in [0.29, 0.717) is 16.4 Å². The summed E-state index contributed by atoms with van der Waals surface area (Å²) in [5.74, 6) is 0.125. The number of aromatic amines is 1. The first-order valence-corrected chi connectivity index (χ1v) is 8.99. The summed E-state index contributed by atoms with van der Waals surface area (Å²) in [5, 5.41) is 0.329. The summed E-state index contributed by atoms with van der Waals surface area (Å²) in [7, 11) is 0. The quantitative estimate of drug-likeness (QED) is 0.867. The summed E-state index contributed by atoms with van der Waals surface area (Å²) in [4.78, 5) is 34.0. The van der Waals surface area contributed by atoms with Crippen molar-refractivity contribution in [2.24, 2.45) is 0 Å². The fraction of sp³-hybridized carbons (Fsp3) is 0.389. The molecule has 0 aliphatic carbocycles. The highest BCUT2D eigenvalue weighted by atomic mass is 32.2. The van der Waals surface area contributed by atoms with E-state index in [1.165, 1.54) is 11.8 Å². The molecule has 3 rings (SSSR count). The van der Waals surface area contributed by atoms with Gasteiger partial charge in [0, 0.05) is 23.7 Å². The Morgan fingerprint density at radius 3 is 2.58 bits per heavy atom. The molecule has 2 aromatic rings. The molecule has 1 aliphatic rings. The molecule has 1 amide bonds. The monoisotopic (exact) mass is 343 g/mol. The molecule has 1 N–H and O–H groups in total. The van der Waals surface area contributed by atoms with E-state index in [1.807, 2.05) is 49.1 Å². The number of carbonyl (C=O) groups excluding carboxylic acids is 1. The molecule has 1 aromatic carbocycles. The molecule has 1 saturated heterocycles. The lowest BCUT2D eigenvalue weighted by atomic mass is 10.1. The number of nitrogens with one attached hydrogen (secondary N) is 1. The van der Waals surface area contributed by atoms with E-state index in [0.717, 1.165) is 18.5 Å². The molecular weight excluding hydrogens is 322 g/mol. The molecule has 0 saturated carbocycles. The third kappa shape index (κ3) is 3.24. The largest absolute Gasteiger partial charge is 0.339 e. The Morgan fingerprint density at radius 1 is 1.25 bits per heavy atom. The van der Waals surface area contributed by atoms with Crippen LogP contribution in [0.25, 0.3) is 11.3 Å². The second kappa shape index (κ2) is 6.81. The number of rotatable bonds is 4. The van der Waals surface area contributed by atoms with Gasteiger partial charge in [-0.3, -0.25) is 9.59 Å². The Labute approximate surface area is 145 Å². The molecule has 2 heterocycles.